The number of halogens is 3. The van der Waals surface area contributed by atoms with Crippen molar-refractivity contribution in [2.45, 2.75) is 13.0 Å². The minimum atomic E-state index is -2.49. The van der Waals surface area contributed by atoms with Crippen LogP contribution in [0.15, 0.2) is 55.0 Å². The predicted molar refractivity (Wildman–Crippen MR) is 76.9 cm³/mol. The molecular formula is C16H12F3N3. The molecule has 0 saturated heterocycles. The number of pyridine rings is 1. The molecule has 0 atom stereocenters. The quantitative estimate of drug-likeness (QED) is 0.729. The first-order chi connectivity index (χ1) is 10.6. The molecule has 3 nitrogen and oxygen atoms in total. The molecule has 6 heteroatoms. The van der Waals surface area contributed by atoms with Gasteiger partial charge in [-0.3, -0.25) is 9.67 Å². The maximum atomic E-state index is 13.1. The van der Waals surface area contributed by atoms with Crippen molar-refractivity contribution in [2.75, 3.05) is 0 Å². The van der Waals surface area contributed by atoms with E-state index in [2.05, 4.69) is 10.1 Å². The fraction of sp³-hybridized carbons (Fsp3) is 0.125. The van der Waals surface area contributed by atoms with Crippen molar-refractivity contribution < 1.29 is 13.2 Å². The number of hydrogen-bond donors (Lipinski definition) is 0. The summed E-state index contributed by atoms with van der Waals surface area (Å²) in [4.78, 5) is 3.94. The van der Waals surface area contributed by atoms with E-state index < -0.39 is 13.0 Å². The molecule has 2 aromatic heterocycles. The molecule has 0 saturated carbocycles. The smallest absolute Gasteiger partial charge is 0.257 e. The lowest BCUT2D eigenvalue weighted by atomic mass is 10.0. The fourth-order valence-electron chi connectivity index (χ4n) is 2.22. The third kappa shape index (κ3) is 3.00. The zero-order chi connectivity index (χ0) is 15.5. The summed E-state index contributed by atoms with van der Waals surface area (Å²) < 4.78 is 39.5. The Morgan fingerprint density at radius 2 is 1.64 bits per heavy atom. The van der Waals surface area contributed by atoms with Crippen molar-refractivity contribution in [3.05, 3.63) is 60.8 Å². The van der Waals surface area contributed by atoms with E-state index in [0.29, 0.717) is 16.8 Å². The lowest BCUT2D eigenvalue weighted by molar-refractivity contribution is 0.122. The van der Waals surface area contributed by atoms with Gasteiger partial charge in [0, 0.05) is 29.7 Å². The van der Waals surface area contributed by atoms with Crippen LogP contribution in [0.5, 0.6) is 0 Å². The number of hydrogen-bond acceptors (Lipinski definition) is 2. The second kappa shape index (κ2) is 6.01. The van der Waals surface area contributed by atoms with Crippen LogP contribution in [0, 0.1) is 5.82 Å². The summed E-state index contributed by atoms with van der Waals surface area (Å²) in [6, 6.07) is 9.34. The number of rotatable bonds is 4. The average molecular weight is 303 g/mol. The topological polar surface area (TPSA) is 30.7 Å². The van der Waals surface area contributed by atoms with Gasteiger partial charge in [0.15, 0.2) is 0 Å². The van der Waals surface area contributed by atoms with Gasteiger partial charge in [0.2, 0.25) is 0 Å². The maximum absolute atomic E-state index is 13.1. The molecule has 1 aromatic carbocycles. The van der Waals surface area contributed by atoms with Gasteiger partial charge in [-0.2, -0.15) is 5.10 Å². The molecule has 22 heavy (non-hydrogen) atoms. The Morgan fingerprint density at radius 3 is 2.27 bits per heavy atom. The third-order valence-corrected chi connectivity index (χ3v) is 3.20. The Labute approximate surface area is 125 Å². The Kier molecular flexibility index (Phi) is 3.91. The summed E-state index contributed by atoms with van der Waals surface area (Å²) in [5, 5.41) is 4.22. The molecule has 0 bridgehead atoms. The summed E-state index contributed by atoms with van der Waals surface area (Å²) in [5.74, 6) is -0.360. The van der Waals surface area contributed by atoms with Crippen LogP contribution in [0.1, 0.15) is 0 Å². The van der Waals surface area contributed by atoms with Crippen LogP contribution in [-0.4, -0.2) is 21.2 Å². The van der Waals surface area contributed by atoms with E-state index in [0.717, 1.165) is 5.56 Å². The molecule has 0 amide bonds. The minimum absolute atomic E-state index is 0.360. The highest BCUT2D eigenvalue weighted by atomic mass is 19.3. The second-order valence-electron chi connectivity index (χ2n) is 4.75. The number of aromatic nitrogens is 3. The van der Waals surface area contributed by atoms with E-state index in [1.54, 1.807) is 42.9 Å². The van der Waals surface area contributed by atoms with Crippen LogP contribution in [0.25, 0.3) is 22.4 Å². The molecule has 0 spiro atoms. The van der Waals surface area contributed by atoms with E-state index in [4.69, 9.17) is 0 Å². The molecule has 0 unspecified atom stereocenters. The molecule has 0 fully saturated rings. The third-order valence-electron chi connectivity index (χ3n) is 3.20. The average Bonchev–Trinajstić information content (AvgIpc) is 2.92. The van der Waals surface area contributed by atoms with E-state index in [1.165, 1.54) is 16.8 Å². The van der Waals surface area contributed by atoms with Gasteiger partial charge < -0.3 is 0 Å². The van der Waals surface area contributed by atoms with Crippen LogP contribution < -0.4 is 0 Å². The zero-order valence-electron chi connectivity index (χ0n) is 11.5. The van der Waals surface area contributed by atoms with E-state index in [1.807, 2.05) is 0 Å². The van der Waals surface area contributed by atoms with Crippen LogP contribution in [0.3, 0.4) is 0 Å². The standard InChI is InChI=1S/C16H12F3N3/c17-13-3-1-12(2-4-13)16-14(11-5-7-20-8-6-11)9-22(21-16)10-15(18)19/h1-9,15H,10H2. The number of alkyl halides is 2. The van der Waals surface area contributed by atoms with E-state index >= 15 is 0 Å². The van der Waals surface area contributed by atoms with E-state index in [9.17, 15) is 13.2 Å². The summed E-state index contributed by atoms with van der Waals surface area (Å²) in [5.41, 5.74) is 2.72. The van der Waals surface area contributed by atoms with Crippen LogP contribution in [-0.2, 0) is 6.54 Å². The van der Waals surface area contributed by atoms with Gasteiger partial charge in [-0.15, -0.1) is 0 Å². The number of benzene rings is 1. The normalized spacial score (nSPS) is 11.1. The van der Waals surface area contributed by atoms with Gasteiger partial charge in [0.1, 0.15) is 18.1 Å². The van der Waals surface area contributed by atoms with Crippen molar-refractivity contribution in [3.63, 3.8) is 0 Å². The maximum Gasteiger partial charge on any atom is 0.257 e. The highest BCUT2D eigenvalue weighted by Gasteiger charge is 2.15. The summed E-state index contributed by atoms with van der Waals surface area (Å²) >= 11 is 0. The highest BCUT2D eigenvalue weighted by Crippen LogP contribution is 2.31. The van der Waals surface area contributed by atoms with Gasteiger partial charge in [-0.25, -0.2) is 13.2 Å². The molecule has 0 radical (unpaired) electrons. The largest absolute Gasteiger partial charge is 0.266 e. The molecule has 2 heterocycles. The van der Waals surface area contributed by atoms with Crippen LogP contribution in [0.4, 0.5) is 13.2 Å². The lowest BCUT2D eigenvalue weighted by Gasteiger charge is -2.02. The fourth-order valence-corrected chi connectivity index (χ4v) is 2.22. The summed E-state index contributed by atoms with van der Waals surface area (Å²) in [6.45, 7) is -0.487. The first-order valence-electron chi connectivity index (χ1n) is 6.65. The van der Waals surface area contributed by atoms with Crippen molar-refractivity contribution in [1.29, 1.82) is 0 Å². The van der Waals surface area contributed by atoms with Crippen molar-refractivity contribution in [2.24, 2.45) is 0 Å². The lowest BCUT2D eigenvalue weighted by Crippen LogP contribution is -2.06. The SMILES string of the molecule is Fc1ccc(-c2nn(CC(F)F)cc2-c2ccncc2)cc1. The Bertz CT molecular complexity index is 752. The monoisotopic (exact) mass is 303 g/mol. The molecule has 0 aliphatic carbocycles. The van der Waals surface area contributed by atoms with Gasteiger partial charge in [0.05, 0.1) is 0 Å². The summed E-state index contributed by atoms with van der Waals surface area (Å²) in [7, 11) is 0. The van der Waals surface area contributed by atoms with Crippen molar-refractivity contribution >= 4 is 0 Å². The Hall–Kier alpha value is -2.63. The number of nitrogens with zero attached hydrogens (tertiary/aromatic N) is 3. The molecule has 0 N–H and O–H groups in total. The van der Waals surface area contributed by atoms with Gasteiger partial charge in [0.25, 0.3) is 6.43 Å². The van der Waals surface area contributed by atoms with Gasteiger partial charge >= 0.3 is 0 Å². The van der Waals surface area contributed by atoms with Gasteiger partial charge in [-0.05, 0) is 42.0 Å². The molecule has 112 valence electrons. The first-order valence-corrected chi connectivity index (χ1v) is 6.65. The zero-order valence-corrected chi connectivity index (χ0v) is 11.5. The van der Waals surface area contributed by atoms with Gasteiger partial charge in [-0.1, -0.05) is 0 Å². The minimum Gasteiger partial charge on any atom is -0.266 e. The highest BCUT2D eigenvalue weighted by molar-refractivity contribution is 5.80. The molecule has 0 aliphatic heterocycles. The second-order valence-corrected chi connectivity index (χ2v) is 4.75. The Morgan fingerprint density at radius 1 is 0.955 bits per heavy atom. The van der Waals surface area contributed by atoms with E-state index in [-0.39, 0.29) is 5.82 Å². The Balaban J connectivity index is 2.10. The molecule has 0 aliphatic rings. The molecule has 3 rings (SSSR count). The van der Waals surface area contributed by atoms with Crippen molar-refractivity contribution in [1.82, 2.24) is 14.8 Å². The first kappa shape index (κ1) is 14.3. The molecule has 3 aromatic rings. The van der Waals surface area contributed by atoms with Crippen LogP contribution >= 0.6 is 0 Å². The predicted octanol–water partition coefficient (Wildman–Crippen LogP) is 4.02. The molecular weight excluding hydrogens is 291 g/mol. The van der Waals surface area contributed by atoms with Crippen LogP contribution in [0.2, 0.25) is 0 Å². The van der Waals surface area contributed by atoms with Crippen molar-refractivity contribution in [3.8, 4) is 22.4 Å². The summed E-state index contributed by atoms with van der Waals surface area (Å²) in [6.07, 6.45) is 2.31.